The van der Waals surface area contributed by atoms with Gasteiger partial charge >= 0.3 is 0 Å². The molecule has 270 valence electrons. The highest BCUT2D eigenvalue weighted by Crippen LogP contribution is 2.08. The van der Waals surface area contributed by atoms with Gasteiger partial charge in [0.15, 0.2) is 0 Å². The van der Waals surface area contributed by atoms with Gasteiger partial charge in [-0.1, -0.05) is 63.6 Å². The first kappa shape index (κ1) is 42.6. The molecule has 46 heavy (non-hydrogen) atoms. The average Bonchev–Trinajstić information content (AvgIpc) is 3.08. The number of benzene rings is 1. The number of para-hydroxylation sites is 1. The first-order valence-electron chi connectivity index (χ1n) is 17.4. The first-order valence-corrected chi connectivity index (χ1v) is 17.4. The fourth-order valence-electron chi connectivity index (χ4n) is 3.98. The minimum absolute atomic E-state index is 0.520. The predicted molar refractivity (Wildman–Crippen MR) is 178 cm³/mol. The molecule has 0 spiro atoms. The van der Waals surface area contributed by atoms with E-state index in [1.807, 2.05) is 30.3 Å². The second-order valence-corrected chi connectivity index (χ2v) is 10.4. The molecule has 0 atom stereocenters. The molecule has 0 radical (unpaired) electrons. The lowest BCUT2D eigenvalue weighted by Crippen LogP contribution is -2.15. The van der Waals surface area contributed by atoms with Crippen LogP contribution in [0.15, 0.2) is 30.3 Å². The summed E-state index contributed by atoms with van der Waals surface area (Å²) in [5.74, 6) is 0.847. The van der Waals surface area contributed by atoms with E-state index in [1.165, 1.54) is 38.5 Å². The lowest BCUT2D eigenvalue weighted by atomic mass is 10.1. The Balaban J connectivity index is 1.61. The summed E-state index contributed by atoms with van der Waals surface area (Å²) in [6.45, 7) is 13.9. The first-order chi connectivity index (χ1) is 22.9. The molecule has 1 aromatic carbocycles. The number of hydrogen-bond donors (Lipinski definition) is 0. The standard InChI is InChI=1S/C35H64O11/c1-2-3-4-5-6-7-11-14-36-15-16-37-17-18-38-19-20-39-21-22-40-23-24-41-25-26-42-27-28-43-29-30-44-31-32-45-33-34-46-35-12-9-8-10-13-35/h8-10,12-13H,2-7,11,14-34H2,1H3. The second-order valence-electron chi connectivity index (χ2n) is 10.4. The summed E-state index contributed by atoms with van der Waals surface area (Å²) in [6, 6.07) is 9.69. The van der Waals surface area contributed by atoms with Crippen molar-refractivity contribution >= 4 is 0 Å². The molecule has 0 aliphatic heterocycles. The minimum Gasteiger partial charge on any atom is -0.491 e. The molecule has 0 N–H and O–H groups in total. The molecule has 0 fully saturated rings. The van der Waals surface area contributed by atoms with Crippen molar-refractivity contribution in [3.63, 3.8) is 0 Å². The van der Waals surface area contributed by atoms with Crippen LogP contribution in [0.5, 0.6) is 5.75 Å². The zero-order valence-electron chi connectivity index (χ0n) is 28.7. The molecule has 0 aliphatic carbocycles. The van der Waals surface area contributed by atoms with Gasteiger partial charge in [0.25, 0.3) is 0 Å². The summed E-state index contributed by atoms with van der Waals surface area (Å²) in [6.07, 6.45) is 9.11. The van der Waals surface area contributed by atoms with Crippen molar-refractivity contribution in [1.82, 2.24) is 0 Å². The van der Waals surface area contributed by atoms with E-state index in [9.17, 15) is 0 Å². The van der Waals surface area contributed by atoms with Crippen LogP contribution in [-0.4, -0.2) is 139 Å². The van der Waals surface area contributed by atoms with Gasteiger partial charge in [-0.2, -0.15) is 0 Å². The molecule has 0 unspecified atom stereocenters. The molecule has 0 aliphatic rings. The molecule has 0 heterocycles. The number of ether oxygens (including phenoxy) is 11. The fourth-order valence-corrected chi connectivity index (χ4v) is 3.98. The van der Waals surface area contributed by atoms with Gasteiger partial charge in [-0.05, 0) is 18.6 Å². The maximum atomic E-state index is 5.61. The van der Waals surface area contributed by atoms with Crippen LogP contribution in [0.3, 0.4) is 0 Å². The molecule has 0 amide bonds. The van der Waals surface area contributed by atoms with Gasteiger partial charge in [-0.15, -0.1) is 0 Å². The smallest absolute Gasteiger partial charge is 0.119 e. The molecule has 0 aromatic heterocycles. The Labute approximate surface area is 278 Å². The van der Waals surface area contributed by atoms with E-state index in [1.54, 1.807) is 0 Å². The zero-order chi connectivity index (χ0) is 32.7. The quantitative estimate of drug-likeness (QED) is 0.0894. The Kier molecular flexibility index (Phi) is 35.3. The van der Waals surface area contributed by atoms with Crippen molar-refractivity contribution in [3.05, 3.63) is 30.3 Å². The summed E-state index contributed by atoms with van der Waals surface area (Å²) in [7, 11) is 0. The largest absolute Gasteiger partial charge is 0.491 e. The molecule has 11 heteroatoms. The minimum atomic E-state index is 0.520. The summed E-state index contributed by atoms with van der Waals surface area (Å²) in [5, 5.41) is 0. The fraction of sp³-hybridized carbons (Fsp3) is 0.829. The van der Waals surface area contributed by atoms with E-state index >= 15 is 0 Å². The van der Waals surface area contributed by atoms with Crippen LogP contribution in [0, 0.1) is 0 Å². The SMILES string of the molecule is CCCCCCCCCOCCOCCOCCOCCOCCOCCOCCOCCOCCOCCOc1ccccc1. The summed E-state index contributed by atoms with van der Waals surface area (Å²) >= 11 is 0. The number of unbranched alkanes of at least 4 members (excludes halogenated alkanes) is 6. The predicted octanol–water partition coefficient (Wildman–Crippen LogP) is 4.98. The highest BCUT2D eigenvalue weighted by Gasteiger charge is 1.97. The molecule has 0 bridgehead atoms. The summed E-state index contributed by atoms with van der Waals surface area (Å²) in [5.41, 5.74) is 0. The molecule has 0 saturated carbocycles. The third kappa shape index (κ3) is 34.0. The molecule has 11 nitrogen and oxygen atoms in total. The van der Waals surface area contributed by atoms with Crippen molar-refractivity contribution in [2.75, 3.05) is 139 Å². The van der Waals surface area contributed by atoms with Crippen LogP contribution in [0.1, 0.15) is 51.9 Å². The third-order valence-corrected chi connectivity index (χ3v) is 6.48. The molecule has 0 saturated heterocycles. The zero-order valence-corrected chi connectivity index (χ0v) is 28.7. The molecule has 1 aromatic rings. The maximum Gasteiger partial charge on any atom is 0.119 e. The topological polar surface area (TPSA) is 102 Å². The Morgan fingerprint density at radius 3 is 0.935 bits per heavy atom. The van der Waals surface area contributed by atoms with E-state index in [-0.39, 0.29) is 0 Å². The molecular formula is C35H64O11. The second kappa shape index (κ2) is 38.1. The third-order valence-electron chi connectivity index (χ3n) is 6.48. The highest BCUT2D eigenvalue weighted by atomic mass is 16.6. The normalized spacial score (nSPS) is 11.4. The van der Waals surface area contributed by atoms with Gasteiger partial charge in [-0.3, -0.25) is 0 Å². The van der Waals surface area contributed by atoms with Crippen LogP contribution in [0.4, 0.5) is 0 Å². The van der Waals surface area contributed by atoms with E-state index in [0.717, 1.165) is 18.8 Å². The van der Waals surface area contributed by atoms with E-state index < -0.39 is 0 Å². The Hall–Kier alpha value is -1.38. The van der Waals surface area contributed by atoms with Crippen LogP contribution < -0.4 is 4.74 Å². The van der Waals surface area contributed by atoms with E-state index in [4.69, 9.17) is 52.1 Å². The number of rotatable bonds is 39. The van der Waals surface area contributed by atoms with Crippen LogP contribution in [0.2, 0.25) is 0 Å². The van der Waals surface area contributed by atoms with E-state index in [0.29, 0.717) is 132 Å². The van der Waals surface area contributed by atoms with E-state index in [2.05, 4.69) is 6.92 Å². The Bertz CT molecular complexity index is 684. The molecule has 1 rings (SSSR count). The van der Waals surface area contributed by atoms with Crippen molar-refractivity contribution in [1.29, 1.82) is 0 Å². The van der Waals surface area contributed by atoms with Crippen LogP contribution in [0.25, 0.3) is 0 Å². The summed E-state index contributed by atoms with van der Waals surface area (Å²) in [4.78, 5) is 0. The maximum absolute atomic E-state index is 5.61. The van der Waals surface area contributed by atoms with Gasteiger partial charge < -0.3 is 52.1 Å². The lowest BCUT2D eigenvalue weighted by Gasteiger charge is -2.09. The van der Waals surface area contributed by atoms with Crippen molar-refractivity contribution < 1.29 is 52.1 Å². The molecular weight excluding hydrogens is 596 g/mol. The number of hydrogen-bond acceptors (Lipinski definition) is 11. The van der Waals surface area contributed by atoms with Gasteiger partial charge in [0.1, 0.15) is 12.4 Å². The lowest BCUT2D eigenvalue weighted by molar-refractivity contribution is -0.0267. The van der Waals surface area contributed by atoms with Gasteiger partial charge in [0.2, 0.25) is 0 Å². The van der Waals surface area contributed by atoms with Crippen molar-refractivity contribution in [2.45, 2.75) is 51.9 Å². The average molecular weight is 661 g/mol. The van der Waals surface area contributed by atoms with Gasteiger partial charge in [0, 0.05) is 6.61 Å². The van der Waals surface area contributed by atoms with Crippen LogP contribution in [-0.2, 0) is 47.4 Å². The Morgan fingerprint density at radius 1 is 0.304 bits per heavy atom. The highest BCUT2D eigenvalue weighted by molar-refractivity contribution is 5.20. The van der Waals surface area contributed by atoms with Crippen molar-refractivity contribution in [3.8, 4) is 5.75 Å². The summed E-state index contributed by atoms with van der Waals surface area (Å²) < 4.78 is 60.6. The van der Waals surface area contributed by atoms with Crippen LogP contribution >= 0.6 is 0 Å². The van der Waals surface area contributed by atoms with Gasteiger partial charge in [-0.25, -0.2) is 0 Å². The monoisotopic (exact) mass is 660 g/mol. The van der Waals surface area contributed by atoms with Crippen molar-refractivity contribution in [2.24, 2.45) is 0 Å². The Morgan fingerprint density at radius 2 is 0.587 bits per heavy atom. The van der Waals surface area contributed by atoms with Gasteiger partial charge in [0.05, 0.1) is 126 Å².